The first-order chi connectivity index (χ1) is 13.7. The number of carbonyl (C=O) groups is 1. The summed E-state index contributed by atoms with van der Waals surface area (Å²) in [6.07, 6.45) is 4.04. The van der Waals surface area contributed by atoms with Gasteiger partial charge in [-0.3, -0.25) is 9.79 Å². The number of nitrogens with zero attached hydrogens (tertiary/aromatic N) is 3. The van der Waals surface area contributed by atoms with Crippen LogP contribution in [-0.2, 0) is 16.0 Å². The van der Waals surface area contributed by atoms with Gasteiger partial charge in [0.1, 0.15) is 0 Å². The summed E-state index contributed by atoms with van der Waals surface area (Å²) in [6, 6.07) is 10.7. The van der Waals surface area contributed by atoms with E-state index in [1.807, 2.05) is 7.05 Å². The van der Waals surface area contributed by atoms with E-state index in [9.17, 15) is 4.79 Å². The van der Waals surface area contributed by atoms with Gasteiger partial charge in [0.25, 0.3) is 0 Å². The highest BCUT2D eigenvalue weighted by Crippen LogP contribution is 2.19. The second-order valence-corrected chi connectivity index (χ2v) is 7.90. The van der Waals surface area contributed by atoms with Crippen molar-refractivity contribution in [3.05, 3.63) is 35.9 Å². The third kappa shape index (κ3) is 7.13. The van der Waals surface area contributed by atoms with Crippen molar-refractivity contribution >= 4 is 35.9 Å². The molecule has 0 amide bonds. The van der Waals surface area contributed by atoms with E-state index in [0.717, 1.165) is 57.9 Å². The van der Waals surface area contributed by atoms with Gasteiger partial charge >= 0.3 is 5.97 Å². The maximum atomic E-state index is 11.7. The van der Waals surface area contributed by atoms with Gasteiger partial charge in [0.15, 0.2) is 5.96 Å². The number of halogens is 1. The first-order valence-electron chi connectivity index (χ1n) is 10.5. The van der Waals surface area contributed by atoms with Crippen molar-refractivity contribution < 1.29 is 9.53 Å². The Morgan fingerprint density at radius 3 is 2.55 bits per heavy atom. The van der Waals surface area contributed by atoms with Crippen LogP contribution in [0.4, 0.5) is 0 Å². The number of likely N-dealkylation sites (tertiary alicyclic amines) is 2. The molecule has 0 radical (unpaired) electrons. The molecule has 1 N–H and O–H groups in total. The molecule has 0 spiro atoms. The SMILES string of the molecule is CN=C(NCC1CCN(CCc2ccccc2)C1)N1CCC(C(=O)OC)CC1.I. The van der Waals surface area contributed by atoms with Gasteiger partial charge in [-0.05, 0) is 43.7 Å². The van der Waals surface area contributed by atoms with Gasteiger partial charge in [-0.1, -0.05) is 30.3 Å². The zero-order chi connectivity index (χ0) is 19.8. The number of ether oxygens (including phenoxy) is 1. The van der Waals surface area contributed by atoms with Crippen molar-refractivity contribution in [1.29, 1.82) is 0 Å². The molecule has 1 aromatic rings. The Hall–Kier alpha value is -1.35. The zero-order valence-corrected chi connectivity index (χ0v) is 20.0. The summed E-state index contributed by atoms with van der Waals surface area (Å²) in [6.45, 7) is 6.14. The molecule has 3 rings (SSSR count). The van der Waals surface area contributed by atoms with Crippen LogP contribution in [0.3, 0.4) is 0 Å². The van der Waals surface area contributed by atoms with E-state index in [1.165, 1.54) is 25.6 Å². The summed E-state index contributed by atoms with van der Waals surface area (Å²) in [7, 11) is 3.31. The Kier molecular flexibility index (Phi) is 10.2. The number of aliphatic imine (C=N–C) groups is 1. The molecule has 0 bridgehead atoms. The topological polar surface area (TPSA) is 57.2 Å². The lowest BCUT2D eigenvalue weighted by Gasteiger charge is -2.33. The lowest BCUT2D eigenvalue weighted by molar-refractivity contribution is -0.146. The summed E-state index contributed by atoms with van der Waals surface area (Å²) in [5, 5.41) is 3.57. The summed E-state index contributed by atoms with van der Waals surface area (Å²) < 4.78 is 4.88. The average Bonchev–Trinajstić information content (AvgIpc) is 3.21. The zero-order valence-electron chi connectivity index (χ0n) is 17.7. The number of hydrogen-bond acceptors (Lipinski definition) is 4. The molecule has 6 nitrogen and oxygen atoms in total. The Bertz CT molecular complexity index is 647. The lowest BCUT2D eigenvalue weighted by atomic mass is 9.97. The normalized spacial score (nSPS) is 21.0. The van der Waals surface area contributed by atoms with E-state index >= 15 is 0 Å². The van der Waals surface area contributed by atoms with Crippen LogP contribution in [0.15, 0.2) is 35.3 Å². The van der Waals surface area contributed by atoms with E-state index in [4.69, 9.17) is 4.74 Å². The minimum absolute atomic E-state index is 0. The molecule has 0 saturated carbocycles. The molecule has 1 atom stereocenters. The van der Waals surface area contributed by atoms with Crippen molar-refractivity contribution in [2.45, 2.75) is 25.7 Å². The molecule has 29 heavy (non-hydrogen) atoms. The van der Waals surface area contributed by atoms with Gasteiger partial charge in [-0.25, -0.2) is 0 Å². The molecule has 0 aliphatic carbocycles. The third-order valence-corrected chi connectivity index (χ3v) is 6.02. The Labute approximate surface area is 192 Å². The molecule has 0 aromatic heterocycles. The smallest absolute Gasteiger partial charge is 0.308 e. The van der Waals surface area contributed by atoms with Crippen LogP contribution in [0.5, 0.6) is 0 Å². The van der Waals surface area contributed by atoms with Gasteiger partial charge < -0.3 is 19.9 Å². The highest BCUT2D eigenvalue weighted by Gasteiger charge is 2.28. The minimum atomic E-state index is -0.0795. The number of methoxy groups -OCH3 is 1. The van der Waals surface area contributed by atoms with Gasteiger partial charge in [-0.2, -0.15) is 0 Å². The second kappa shape index (κ2) is 12.4. The number of esters is 1. The number of piperidine rings is 1. The summed E-state index contributed by atoms with van der Waals surface area (Å²) in [5.74, 6) is 1.59. The third-order valence-electron chi connectivity index (χ3n) is 6.02. The molecule has 2 aliphatic heterocycles. The number of carbonyl (C=O) groups excluding carboxylic acids is 1. The summed E-state index contributed by atoms with van der Waals surface area (Å²) in [5.41, 5.74) is 1.42. The van der Waals surface area contributed by atoms with Crippen molar-refractivity contribution in [2.24, 2.45) is 16.8 Å². The standard InChI is InChI=1S/C22H34N4O2.HI/c1-23-22(26-14-10-20(11-15-26)21(27)28-2)24-16-19-9-13-25(17-19)12-8-18-6-4-3-5-7-18;/h3-7,19-20H,8-17H2,1-2H3,(H,23,24);1H. The quantitative estimate of drug-likeness (QED) is 0.274. The number of guanidine groups is 1. The second-order valence-electron chi connectivity index (χ2n) is 7.90. The van der Waals surface area contributed by atoms with Crippen LogP contribution in [0.1, 0.15) is 24.8 Å². The van der Waals surface area contributed by atoms with Crippen LogP contribution in [-0.4, -0.2) is 75.2 Å². The number of rotatable bonds is 6. The van der Waals surface area contributed by atoms with E-state index in [1.54, 1.807) is 0 Å². The number of benzene rings is 1. The maximum Gasteiger partial charge on any atom is 0.308 e. The molecule has 1 unspecified atom stereocenters. The predicted molar refractivity (Wildman–Crippen MR) is 128 cm³/mol. The lowest BCUT2D eigenvalue weighted by Crippen LogP contribution is -2.47. The van der Waals surface area contributed by atoms with Gasteiger partial charge in [0.05, 0.1) is 13.0 Å². The van der Waals surface area contributed by atoms with Crippen molar-refractivity contribution in [1.82, 2.24) is 15.1 Å². The fraction of sp³-hybridized carbons (Fsp3) is 0.636. The van der Waals surface area contributed by atoms with E-state index in [0.29, 0.717) is 5.92 Å². The summed E-state index contributed by atoms with van der Waals surface area (Å²) in [4.78, 5) is 21.0. The number of nitrogens with one attached hydrogen (secondary N) is 1. The number of hydrogen-bond donors (Lipinski definition) is 1. The first kappa shape index (κ1) is 23.9. The molecule has 2 fully saturated rings. The monoisotopic (exact) mass is 514 g/mol. The Balaban J connectivity index is 0.00000300. The molecular formula is C22H35IN4O2. The fourth-order valence-corrected chi connectivity index (χ4v) is 4.28. The Morgan fingerprint density at radius 2 is 1.90 bits per heavy atom. The van der Waals surface area contributed by atoms with Gasteiger partial charge in [-0.15, -0.1) is 24.0 Å². The highest BCUT2D eigenvalue weighted by atomic mass is 127. The van der Waals surface area contributed by atoms with E-state index in [2.05, 4.69) is 50.4 Å². The van der Waals surface area contributed by atoms with E-state index in [-0.39, 0.29) is 35.9 Å². The highest BCUT2D eigenvalue weighted by molar-refractivity contribution is 14.0. The molecule has 2 saturated heterocycles. The van der Waals surface area contributed by atoms with Crippen LogP contribution >= 0.6 is 24.0 Å². The first-order valence-corrected chi connectivity index (χ1v) is 10.5. The van der Waals surface area contributed by atoms with Crippen molar-refractivity contribution in [3.8, 4) is 0 Å². The molecule has 7 heteroatoms. The van der Waals surface area contributed by atoms with Gasteiger partial charge in [0.2, 0.25) is 0 Å². The molecule has 2 heterocycles. The van der Waals surface area contributed by atoms with Crippen molar-refractivity contribution in [2.75, 3.05) is 53.4 Å². The van der Waals surface area contributed by atoms with Gasteiger partial charge in [0, 0.05) is 39.8 Å². The Morgan fingerprint density at radius 1 is 1.17 bits per heavy atom. The van der Waals surface area contributed by atoms with Crippen molar-refractivity contribution in [3.63, 3.8) is 0 Å². The predicted octanol–water partition coefficient (Wildman–Crippen LogP) is 2.63. The largest absolute Gasteiger partial charge is 0.469 e. The molecule has 162 valence electrons. The molecular weight excluding hydrogens is 479 g/mol. The maximum absolute atomic E-state index is 11.7. The molecule has 1 aromatic carbocycles. The van der Waals surface area contributed by atoms with Crippen LogP contribution < -0.4 is 5.32 Å². The van der Waals surface area contributed by atoms with Crippen LogP contribution in [0, 0.1) is 11.8 Å². The molecule has 2 aliphatic rings. The van der Waals surface area contributed by atoms with E-state index < -0.39 is 0 Å². The summed E-state index contributed by atoms with van der Waals surface area (Å²) >= 11 is 0. The average molecular weight is 514 g/mol. The van der Waals surface area contributed by atoms with Crippen LogP contribution in [0.2, 0.25) is 0 Å². The van der Waals surface area contributed by atoms with Crippen LogP contribution in [0.25, 0.3) is 0 Å². The minimum Gasteiger partial charge on any atom is -0.469 e. The fourth-order valence-electron chi connectivity index (χ4n) is 4.28.